The molecule has 0 aromatic heterocycles. The van der Waals surface area contributed by atoms with E-state index in [1.807, 2.05) is 0 Å². The lowest BCUT2D eigenvalue weighted by molar-refractivity contribution is -0.141. The van der Waals surface area contributed by atoms with Gasteiger partial charge in [0.2, 0.25) is 0 Å². The van der Waals surface area contributed by atoms with Crippen molar-refractivity contribution in [2.45, 2.75) is 18.9 Å². The summed E-state index contributed by atoms with van der Waals surface area (Å²) in [6.07, 6.45) is -0.965. The second kappa shape index (κ2) is 4.44. The topological polar surface area (TPSA) is 57.5 Å². The number of aliphatic hydroxyl groups excluding tert-OH is 1. The Labute approximate surface area is 86.9 Å². The smallest absolute Gasteiger partial charge is 0.313 e. The number of hydrogen-bond donors (Lipinski definition) is 2. The van der Waals surface area contributed by atoms with Crippen molar-refractivity contribution in [2.75, 3.05) is 0 Å². The Morgan fingerprint density at radius 2 is 2.00 bits per heavy atom. The van der Waals surface area contributed by atoms with E-state index in [0.29, 0.717) is 10.6 Å². The van der Waals surface area contributed by atoms with Gasteiger partial charge in [-0.3, -0.25) is 4.79 Å². The maximum Gasteiger partial charge on any atom is 0.313 e. The summed E-state index contributed by atoms with van der Waals surface area (Å²) in [5.41, 5.74) is 0.441. The molecule has 14 heavy (non-hydrogen) atoms. The molecule has 0 fully saturated rings. The molecule has 0 aliphatic rings. The Hall–Kier alpha value is -1.06. The maximum absolute atomic E-state index is 10.9. The van der Waals surface area contributed by atoms with Gasteiger partial charge in [0.05, 0.1) is 6.10 Å². The first-order valence-corrected chi connectivity index (χ1v) is 4.57. The molecule has 0 saturated heterocycles. The zero-order chi connectivity index (χ0) is 10.7. The Balaban J connectivity index is 3.12. The fourth-order valence-electron chi connectivity index (χ4n) is 1.33. The largest absolute Gasteiger partial charge is 0.481 e. The summed E-state index contributed by atoms with van der Waals surface area (Å²) in [7, 11) is 0. The van der Waals surface area contributed by atoms with E-state index >= 15 is 0 Å². The maximum atomic E-state index is 10.9. The first-order chi connectivity index (χ1) is 6.54. The lowest BCUT2D eigenvalue weighted by Gasteiger charge is -2.16. The van der Waals surface area contributed by atoms with Crippen LogP contribution < -0.4 is 0 Å². The van der Waals surface area contributed by atoms with Crippen molar-refractivity contribution >= 4 is 17.6 Å². The van der Waals surface area contributed by atoms with Crippen molar-refractivity contribution in [3.05, 3.63) is 34.9 Å². The Bertz CT molecular complexity index is 336. The number of hydrogen-bond acceptors (Lipinski definition) is 2. The normalized spacial score (nSPS) is 14.8. The van der Waals surface area contributed by atoms with Gasteiger partial charge < -0.3 is 10.2 Å². The third-order valence-electron chi connectivity index (χ3n) is 1.99. The van der Waals surface area contributed by atoms with E-state index in [-0.39, 0.29) is 0 Å². The summed E-state index contributed by atoms with van der Waals surface area (Å²) in [4.78, 5) is 10.9. The third-order valence-corrected chi connectivity index (χ3v) is 2.33. The first kappa shape index (κ1) is 11.0. The van der Waals surface area contributed by atoms with Gasteiger partial charge >= 0.3 is 5.97 Å². The molecule has 3 nitrogen and oxygen atoms in total. The van der Waals surface area contributed by atoms with E-state index in [9.17, 15) is 9.90 Å². The van der Waals surface area contributed by atoms with Crippen LogP contribution in [0.4, 0.5) is 0 Å². The van der Waals surface area contributed by atoms with Crippen LogP contribution in [0.3, 0.4) is 0 Å². The molecule has 1 aromatic carbocycles. The van der Waals surface area contributed by atoms with Crippen LogP contribution in [0.25, 0.3) is 0 Å². The third kappa shape index (κ3) is 2.25. The first-order valence-electron chi connectivity index (χ1n) is 4.19. The monoisotopic (exact) mass is 214 g/mol. The van der Waals surface area contributed by atoms with Gasteiger partial charge in [-0.1, -0.05) is 29.8 Å². The summed E-state index contributed by atoms with van der Waals surface area (Å²) in [5, 5.41) is 18.6. The molecule has 0 aliphatic carbocycles. The highest BCUT2D eigenvalue weighted by molar-refractivity contribution is 6.31. The molecule has 0 saturated carbocycles. The van der Waals surface area contributed by atoms with Crippen molar-refractivity contribution in [2.24, 2.45) is 0 Å². The van der Waals surface area contributed by atoms with Gasteiger partial charge in [0.25, 0.3) is 0 Å². The van der Waals surface area contributed by atoms with Crippen LogP contribution in [-0.4, -0.2) is 22.3 Å². The van der Waals surface area contributed by atoms with Crippen LogP contribution >= 0.6 is 11.6 Å². The minimum absolute atomic E-state index is 0.362. The predicted molar refractivity (Wildman–Crippen MR) is 53.5 cm³/mol. The Morgan fingerprint density at radius 3 is 2.43 bits per heavy atom. The highest BCUT2D eigenvalue weighted by Gasteiger charge is 2.26. The average molecular weight is 215 g/mol. The van der Waals surface area contributed by atoms with E-state index in [2.05, 4.69) is 0 Å². The quantitative estimate of drug-likeness (QED) is 0.808. The molecule has 1 aromatic rings. The van der Waals surface area contributed by atoms with Crippen LogP contribution in [0.1, 0.15) is 18.4 Å². The molecule has 0 amide bonds. The van der Waals surface area contributed by atoms with Gasteiger partial charge in [0.15, 0.2) is 0 Å². The molecule has 0 heterocycles. The second-order valence-electron chi connectivity index (χ2n) is 3.08. The number of halogens is 1. The van der Waals surface area contributed by atoms with Crippen LogP contribution in [0.15, 0.2) is 24.3 Å². The molecule has 0 spiro atoms. The van der Waals surface area contributed by atoms with Crippen molar-refractivity contribution in [1.29, 1.82) is 0 Å². The lowest BCUT2D eigenvalue weighted by Crippen LogP contribution is -2.23. The van der Waals surface area contributed by atoms with Crippen LogP contribution in [0.5, 0.6) is 0 Å². The molecule has 0 aliphatic heterocycles. The SMILES string of the molecule is C[C@@H](O)[C@@H](C(=O)O)c1ccccc1Cl. The zero-order valence-electron chi connectivity index (χ0n) is 7.64. The van der Waals surface area contributed by atoms with E-state index < -0.39 is 18.0 Å². The van der Waals surface area contributed by atoms with Gasteiger partial charge in [-0.15, -0.1) is 0 Å². The highest BCUT2D eigenvalue weighted by Crippen LogP contribution is 2.27. The molecule has 0 bridgehead atoms. The number of carboxylic acids is 1. The number of benzene rings is 1. The minimum Gasteiger partial charge on any atom is -0.481 e. The van der Waals surface area contributed by atoms with Crippen LogP contribution in [-0.2, 0) is 4.79 Å². The molecule has 2 N–H and O–H groups in total. The van der Waals surface area contributed by atoms with Gasteiger partial charge in [-0.25, -0.2) is 0 Å². The zero-order valence-corrected chi connectivity index (χ0v) is 8.40. The highest BCUT2D eigenvalue weighted by atomic mass is 35.5. The van der Waals surface area contributed by atoms with Crippen molar-refractivity contribution < 1.29 is 15.0 Å². The van der Waals surface area contributed by atoms with Crippen LogP contribution in [0, 0.1) is 0 Å². The van der Waals surface area contributed by atoms with Crippen LogP contribution in [0.2, 0.25) is 5.02 Å². The summed E-state index contributed by atoms with van der Waals surface area (Å²) < 4.78 is 0. The van der Waals surface area contributed by atoms with E-state index in [0.717, 1.165) is 0 Å². The Morgan fingerprint density at radius 1 is 1.43 bits per heavy atom. The molecule has 1 rings (SSSR count). The molecular formula is C10H11ClO3. The fraction of sp³-hybridized carbons (Fsp3) is 0.300. The van der Waals surface area contributed by atoms with Gasteiger partial charge in [0, 0.05) is 5.02 Å². The second-order valence-corrected chi connectivity index (χ2v) is 3.49. The number of aliphatic hydroxyl groups is 1. The summed E-state index contributed by atoms with van der Waals surface area (Å²) in [6, 6.07) is 6.62. The molecule has 0 unspecified atom stereocenters. The number of carbonyl (C=O) groups is 1. The molecular weight excluding hydrogens is 204 g/mol. The Kier molecular flexibility index (Phi) is 3.49. The van der Waals surface area contributed by atoms with Crippen molar-refractivity contribution in [3.63, 3.8) is 0 Å². The van der Waals surface area contributed by atoms with E-state index in [1.54, 1.807) is 24.3 Å². The molecule has 2 atom stereocenters. The fourth-order valence-corrected chi connectivity index (χ4v) is 1.58. The lowest BCUT2D eigenvalue weighted by atomic mass is 9.94. The summed E-state index contributed by atoms with van der Waals surface area (Å²) in [5.74, 6) is -2.04. The number of rotatable bonds is 3. The number of aliphatic carboxylic acids is 1. The summed E-state index contributed by atoms with van der Waals surface area (Å²) >= 11 is 5.83. The van der Waals surface area contributed by atoms with E-state index in [1.165, 1.54) is 6.92 Å². The molecule has 76 valence electrons. The molecule has 4 heteroatoms. The molecule has 0 radical (unpaired) electrons. The van der Waals surface area contributed by atoms with Gasteiger partial charge in [-0.05, 0) is 18.6 Å². The average Bonchev–Trinajstić information content (AvgIpc) is 2.07. The van der Waals surface area contributed by atoms with E-state index in [4.69, 9.17) is 16.7 Å². The number of carboxylic acid groups (broad SMARTS) is 1. The van der Waals surface area contributed by atoms with Gasteiger partial charge in [0.1, 0.15) is 5.92 Å². The summed E-state index contributed by atoms with van der Waals surface area (Å²) in [6.45, 7) is 1.43. The van der Waals surface area contributed by atoms with Gasteiger partial charge in [-0.2, -0.15) is 0 Å². The standard InChI is InChI=1S/C10H11ClO3/c1-6(12)9(10(13)14)7-4-2-3-5-8(7)11/h2-6,9,12H,1H3,(H,13,14)/t6-,9-/m1/s1. The minimum atomic E-state index is -1.08. The van der Waals surface area contributed by atoms with Crippen molar-refractivity contribution in [3.8, 4) is 0 Å². The van der Waals surface area contributed by atoms with Crippen molar-refractivity contribution in [1.82, 2.24) is 0 Å². The predicted octanol–water partition coefficient (Wildman–Crippen LogP) is 1.89.